The molecule has 0 saturated carbocycles. The quantitative estimate of drug-likeness (QED) is 0.216. The Labute approximate surface area is 242 Å². The van der Waals surface area contributed by atoms with Gasteiger partial charge in [0.1, 0.15) is 28.8 Å². The van der Waals surface area contributed by atoms with Crippen LogP contribution < -0.4 is 14.4 Å². The molecule has 4 aromatic carbocycles. The van der Waals surface area contributed by atoms with Crippen LogP contribution in [0.25, 0.3) is 6.08 Å². The summed E-state index contributed by atoms with van der Waals surface area (Å²) >= 11 is 0. The molecule has 7 heteroatoms. The molecule has 6 nitrogen and oxygen atoms in total. The molecule has 2 aliphatic heterocycles. The summed E-state index contributed by atoms with van der Waals surface area (Å²) in [4.78, 5) is 45.9. The first-order valence-electron chi connectivity index (χ1n) is 13.7. The molecule has 1 fully saturated rings. The average molecular weight is 560 g/mol. The summed E-state index contributed by atoms with van der Waals surface area (Å²) in [6.07, 6.45) is 3.52. The number of rotatable bonds is 5. The van der Waals surface area contributed by atoms with E-state index in [2.05, 4.69) is 0 Å². The molecule has 2 heterocycles. The molecular weight excluding hydrogens is 533 g/mol. The summed E-state index contributed by atoms with van der Waals surface area (Å²) < 4.78 is 25.2. The van der Waals surface area contributed by atoms with E-state index in [1.54, 1.807) is 86.0 Å². The Morgan fingerprint density at radius 1 is 0.810 bits per heavy atom. The Balaban J connectivity index is 1.53. The van der Waals surface area contributed by atoms with E-state index in [9.17, 15) is 18.8 Å². The summed E-state index contributed by atoms with van der Waals surface area (Å²) in [7, 11) is 3.08. The van der Waals surface area contributed by atoms with Crippen LogP contribution in [-0.2, 0) is 0 Å². The van der Waals surface area contributed by atoms with Gasteiger partial charge in [-0.3, -0.25) is 14.4 Å². The van der Waals surface area contributed by atoms with Crippen LogP contribution in [0, 0.1) is 11.2 Å². The van der Waals surface area contributed by atoms with E-state index in [-0.39, 0.29) is 17.3 Å². The molecule has 3 atom stereocenters. The normalized spacial score (nSPS) is 21.2. The number of ether oxygens (including phenoxy) is 2. The number of anilines is 1. The summed E-state index contributed by atoms with van der Waals surface area (Å²) in [5, 5.41) is 0. The first-order chi connectivity index (χ1) is 20.4. The summed E-state index contributed by atoms with van der Waals surface area (Å²) in [5.41, 5.74) is 1.22. The molecule has 7 rings (SSSR count). The Kier molecular flexibility index (Phi) is 5.87. The molecule has 3 aliphatic rings. The van der Waals surface area contributed by atoms with Crippen molar-refractivity contribution in [2.75, 3.05) is 19.1 Å². The molecule has 42 heavy (non-hydrogen) atoms. The number of halogens is 1. The molecule has 1 spiro atoms. The SMILES string of the molecule is COc1ccc([C@@H]2[C@H](C(=O)c3cccc(OC)c3)N3c4ccc(F)cc4C=C[C@H]3C23C(=O)c2ccccc2C3=O)cc1. The van der Waals surface area contributed by atoms with Crippen molar-refractivity contribution >= 4 is 29.1 Å². The number of carbonyl (C=O) groups is 3. The number of methoxy groups -OCH3 is 2. The Hall–Kier alpha value is -5.04. The second kappa shape index (κ2) is 9.52. The third kappa shape index (κ3) is 3.46. The molecule has 0 unspecified atom stereocenters. The zero-order valence-corrected chi connectivity index (χ0v) is 22.9. The number of hydrogen-bond acceptors (Lipinski definition) is 6. The molecule has 0 aromatic heterocycles. The highest BCUT2D eigenvalue weighted by Crippen LogP contribution is 2.61. The van der Waals surface area contributed by atoms with Gasteiger partial charge in [0.25, 0.3) is 0 Å². The van der Waals surface area contributed by atoms with Gasteiger partial charge in [0.15, 0.2) is 17.3 Å². The fraction of sp³-hybridized carbons (Fsp3) is 0.171. The van der Waals surface area contributed by atoms with Crippen molar-refractivity contribution in [2.45, 2.75) is 18.0 Å². The highest BCUT2D eigenvalue weighted by Gasteiger charge is 2.71. The topological polar surface area (TPSA) is 72.9 Å². The van der Waals surface area contributed by atoms with Gasteiger partial charge in [-0.05, 0) is 48.0 Å². The van der Waals surface area contributed by atoms with E-state index >= 15 is 0 Å². The number of benzene rings is 4. The second-order valence-corrected chi connectivity index (χ2v) is 10.8. The van der Waals surface area contributed by atoms with Crippen molar-refractivity contribution in [2.24, 2.45) is 5.41 Å². The van der Waals surface area contributed by atoms with Crippen molar-refractivity contribution in [3.63, 3.8) is 0 Å². The minimum atomic E-state index is -1.64. The van der Waals surface area contributed by atoms with Gasteiger partial charge in [-0.25, -0.2) is 4.39 Å². The van der Waals surface area contributed by atoms with Gasteiger partial charge in [0.2, 0.25) is 0 Å². The minimum Gasteiger partial charge on any atom is -0.497 e. The van der Waals surface area contributed by atoms with Crippen LogP contribution in [-0.4, -0.2) is 43.7 Å². The van der Waals surface area contributed by atoms with Crippen LogP contribution in [0.4, 0.5) is 10.1 Å². The van der Waals surface area contributed by atoms with Crippen LogP contribution in [0.15, 0.2) is 97.1 Å². The summed E-state index contributed by atoms with van der Waals surface area (Å²) in [6, 6.07) is 23.4. The third-order valence-electron chi connectivity index (χ3n) is 8.86. The lowest BCUT2D eigenvalue weighted by atomic mass is 9.64. The highest BCUT2D eigenvalue weighted by atomic mass is 19.1. The predicted molar refractivity (Wildman–Crippen MR) is 156 cm³/mol. The minimum absolute atomic E-state index is 0.279. The van der Waals surface area contributed by atoms with Crippen LogP contribution >= 0.6 is 0 Å². The number of ketones is 3. The van der Waals surface area contributed by atoms with E-state index in [1.807, 2.05) is 17.0 Å². The number of carbonyl (C=O) groups excluding carboxylic acids is 3. The van der Waals surface area contributed by atoms with Crippen LogP contribution in [0.5, 0.6) is 11.5 Å². The number of Topliss-reactive ketones (excluding diaryl/α,β-unsaturated/α-hetero) is 3. The number of fused-ring (bicyclic) bond motifs is 5. The van der Waals surface area contributed by atoms with Crippen molar-refractivity contribution in [3.8, 4) is 11.5 Å². The van der Waals surface area contributed by atoms with Gasteiger partial charge < -0.3 is 14.4 Å². The van der Waals surface area contributed by atoms with Crippen molar-refractivity contribution in [1.82, 2.24) is 0 Å². The number of hydrogen-bond donors (Lipinski definition) is 0. The van der Waals surface area contributed by atoms with Crippen molar-refractivity contribution < 1.29 is 28.2 Å². The van der Waals surface area contributed by atoms with Crippen LogP contribution in [0.2, 0.25) is 0 Å². The van der Waals surface area contributed by atoms with Gasteiger partial charge in [-0.15, -0.1) is 0 Å². The van der Waals surface area contributed by atoms with Crippen molar-refractivity contribution in [3.05, 3.63) is 131 Å². The monoisotopic (exact) mass is 559 g/mol. The van der Waals surface area contributed by atoms with Crippen molar-refractivity contribution in [1.29, 1.82) is 0 Å². The maximum Gasteiger partial charge on any atom is 0.186 e. The van der Waals surface area contributed by atoms with Crippen LogP contribution in [0.3, 0.4) is 0 Å². The van der Waals surface area contributed by atoms with E-state index in [4.69, 9.17) is 9.47 Å². The van der Waals surface area contributed by atoms with E-state index < -0.39 is 29.2 Å². The first-order valence-corrected chi connectivity index (χ1v) is 13.7. The van der Waals surface area contributed by atoms with Gasteiger partial charge in [0, 0.05) is 33.9 Å². The molecule has 208 valence electrons. The van der Waals surface area contributed by atoms with Gasteiger partial charge in [-0.1, -0.05) is 60.7 Å². The molecule has 1 saturated heterocycles. The van der Waals surface area contributed by atoms with E-state index in [1.165, 1.54) is 19.2 Å². The fourth-order valence-electron chi connectivity index (χ4n) is 7.08. The highest BCUT2D eigenvalue weighted by molar-refractivity contribution is 6.32. The second-order valence-electron chi connectivity index (χ2n) is 10.8. The molecule has 0 bridgehead atoms. The van der Waals surface area contributed by atoms with E-state index in [0.29, 0.717) is 45.0 Å². The smallest absolute Gasteiger partial charge is 0.186 e. The third-order valence-corrected chi connectivity index (χ3v) is 8.86. The molecule has 1 aliphatic carbocycles. The van der Waals surface area contributed by atoms with Crippen LogP contribution in [0.1, 0.15) is 48.1 Å². The Morgan fingerprint density at radius 3 is 2.17 bits per heavy atom. The molecule has 0 radical (unpaired) electrons. The lowest BCUT2D eigenvalue weighted by Crippen LogP contribution is -2.48. The number of nitrogens with zero attached hydrogens (tertiary/aromatic N) is 1. The Bertz CT molecular complexity index is 1780. The first kappa shape index (κ1) is 25.9. The molecule has 0 N–H and O–H groups in total. The lowest BCUT2D eigenvalue weighted by Gasteiger charge is -2.37. The van der Waals surface area contributed by atoms with E-state index in [0.717, 1.165) is 0 Å². The van der Waals surface area contributed by atoms with Gasteiger partial charge in [0.05, 0.1) is 20.3 Å². The maximum absolute atomic E-state index is 14.7. The zero-order chi connectivity index (χ0) is 29.2. The lowest BCUT2D eigenvalue weighted by molar-refractivity contribution is 0.0666. The van der Waals surface area contributed by atoms with Gasteiger partial charge in [-0.2, -0.15) is 0 Å². The van der Waals surface area contributed by atoms with Gasteiger partial charge >= 0.3 is 0 Å². The maximum atomic E-state index is 14.7. The standard InChI is InChI=1S/C35H26FNO5/c1-41-24-14-10-20(11-15-24)30-31(32(38)22-6-5-7-25(19-22)42-2)37-28-16-13-23(36)18-21(28)12-17-29(37)35(30)33(39)26-8-3-4-9-27(26)34(35)40/h3-19,29-31H,1-2H3/t29-,30+,31+/m0/s1. The molecule has 4 aromatic rings. The predicted octanol–water partition coefficient (Wildman–Crippen LogP) is 6.16. The summed E-state index contributed by atoms with van der Waals surface area (Å²) in [5.74, 6) is -1.11. The summed E-state index contributed by atoms with van der Waals surface area (Å²) in [6.45, 7) is 0. The fourth-order valence-corrected chi connectivity index (χ4v) is 7.08. The molecular formula is C35H26FNO5. The Morgan fingerprint density at radius 2 is 1.50 bits per heavy atom. The molecule has 0 amide bonds. The average Bonchev–Trinajstić information content (AvgIpc) is 3.46. The largest absolute Gasteiger partial charge is 0.497 e. The zero-order valence-electron chi connectivity index (χ0n) is 22.9.